The Kier molecular flexibility index (Phi) is 5.87. The van der Waals surface area contributed by atoms with Crippen molar-refractivity contribution in [2.45, 2.75) is 19.4 Å². The standard InChI is InChI=1S/C10H19NO5S/c1-2-15-4-5-16-10(12)7-11-9-3-6-17(13,14)8-9/h9,11H,2-8H2,1H3. The van der Waals surface area contributed by atoms with E-state index < -0.39 is 9.84 Å². The van der Waals surface area contributed by atoms with E-state index in [0.29, 0.717) is 19.6 Å². The molecule has 6 nitrogen and oxygen atoms in total. The Balaban J connectivity index is 2.08. The number of hydrogen-bond acceptors (Lipinski definition) is 6. The molecule has 1 aliphatic rings. The number of carbonyl (C=O) groups excluding carboxylic acids is 1. The maximum atomic E-state index is 11.2. The van der Waals surface area contributed by atoms with Gasteiger partial charge in [-0.15, -0.1) is 0 Å². The molecule has 1 atom stereocenters. The minimum atomic E-state index is -2.90. The number of ether oxygens (including phenoxy) is 2. The van der Waals surface area contributed by atoms with Crippen molar-refractivity contribution in [2.75, 3.05) is 37.9 Å². The molecule has 0 aromatic heterocycles. The summed E-state index contributed by atoms with van der Waals surface area (Å²) in [5, 5.41) is 2.88. The van der Waals surface area contributed by atoms with Crippen LogP contribution in [0.25, 0.3) is 0 Å². The van der Waals surface area contributed by atoms with Crippen molar-refractivity contribution < 1.29 is 22.7 Å². The van der Waals surface area contributed by atoms with E-state index in [-0.39, 0.29) is 36.7 Å². The first-order valence-electron chi connectivity index (χ1n) is 5.70. The minimum Gasteiger partial charge on any atom is -0.462 e. The van der Waals surface area contributed by atoms with E-state index in [1.54, 1.807) is 0 Å². The Hall–Kier alpha value is -0.660. The van der Waals surface area contributed by atoms with Gasteiger partial charge in [0.15, 0.2) is 9.84 Å². The molecule has 0 aromatic carbocycles. The van der Waals surface area contributed by atoms with E-state index in [2.05, 4.69) is 5.32 Å². The Morgan fingerprint density at radius 2 is 2.18 bits per heavy atom. The maximum Gasteiger partial charge on any atom is 0.320 e. The van der Waals surface area contributed by atoms with Crippen LogP contribution in [0.2, 0.25) is 0 Å². The van der Waals surface area contributed by atoms with E-state index in [9.17, 15) is 13.2 Å². The lowest BCUT2D eigenvalue weighted by Crippen LogP contribution is -2.35. The van der Waals surface area contributed by atoms with Crippen LogP contribution in [-0.2, 0) is 24.1 Å². The first kappa shape index (κ1) is 14.4. The van der Waals surface area contributed by atoms with Crippen LogP contribution >= 0.6 is 0 Å². The average molecular weight is 265 g/mol. The third kappa shape index (κ3) is 5.99. The first-order valence-corrected chi connectivity index (χ1v) is 7.53. The van der Waals surface area contributed by atoms with E-state index in [0.717, 1.165) is 0 Å². The van der Waals surface area contributed by atoms with E-state index in [4.69, 9.17) is 9.47 Å². The zero-order valence-corrected chi connectivity index (χ0v) is 10.8. The van der Waals surface area contributed by atoms with Gasteiger partial charge in [0.25, 0.3) is 0 Å². The molecule has 100 valence electrons. The molecular formula is C10H19NO5S. The van der Waals surface area contributed by atoms with Gasteiger partial charge >= 0.3 is 5.97 Å². The molecule has 0 radical (unpaired) electrons. The molecule has 0 amide bonds. The van der Waals surface area contributed by atoms with Crippen molar-refractivity contribution in [1.29, 1.82) is 0 Å². The largest absolute Gasteiger partial charge is 0.462 e. The van der Waals surface area contributed by atoms with Crippen molar-refractivity contribution in [3.8, 4) is 0 Å². The van der Waals surface area contributed by atoms with Gasteiger partial charge < -0.3 is 14.8 Å². The molecule has 1 fully saturated rings. The normalized spacial score (nSPS) is 22.5. The molecule has 0 aliphatic carbocycles. The quantitative estimate of drug-likeness (QED) is 0.486. The zero-order chi connectivity index (χ0) is 12.7. The zero-order valence-electron chi connectivity index (χ0n) is 9.98. The second kappa shape index (κ2) is 6.93. The molecule has 1 heterocycles. The lowest BCUT2D eigenvalue weighted by Gasteiger charge is -2.10. The average Bonchev–Trinajstić information content (AvgIpc) is 2.62. The van der Waals surface area contributed by atoms with Gasteiger partial charge in [0.1, 0.15) is 6.61 Å². The van der Waals surface area contributed by atoms with Crippen LogP contribution in [-0.4, -0.2) is 58.3 Å². The predicted octanol–water partition coefficient (Wildman–Crippen LogP) is -0.657. The van der Waals surface area contributed by atoms with Crippen LogP contribution in [0.15, 0.2) is 0 Å². The molecule has 1 unspecified atom stereocenters. The molecule has 1 aliphatic heterocycles. The van der Waals surface area contributed by atoms with Gasteiger partial charge in [-0.2, -0.15) is 0 Å². The van der Waals surface area contributed by atoms with Crippen molar-refractivity contribution >= 4 is 15.8 Å². The number of esters is 1. The van der Waals surface area contributed by atoms with Crippen molar-refractivity contribution in [3.05, 3.63) is 0 Å². The fraction of sp³-hybridized carbons (Fsp3) is 0.900. The van der Waals surface area contributed by atoms with Crippen LogP contribution in [0.3, 0.4) is 0 Å². The molecule has 1 rings (SSSR count). The molecule has 0 aromatic rings. The summed E-state index contributed by atoms with van der Waals surface area (Å²) < 4.78 is 32.2. The summed E-state index contributed by atoms with van der Waals surface area (Å²) in [5.74, 6) is -0.0717. The first-order chi connectivity index (χ1) is 8.03. The molecule has 0 spiro atoms. The van der Waals surface area contributed by atoms with Gasteiger partial charge in [-0.25, -0.2) is 8.42 Å². The number of rotatable bonds is 7. The Morgan fingerprint density at radius 1 is 1.41 bits per heavy atom. The lowest BCUT2D eigenvalue weighted by atomic mass is 10.3. The van der Waals surface area contributed by atoms with Gasteiger partial charge in [-0.3, -0.25) is 4.79 Å². The highest BCUT2D eigenvalue weighted by molar-refractivity contribution is 7.91. The highest BCUT2D eigenvalue weighted by Gasteiger charge is 2.27. The van der Waals surface area contributed by atoms with Crippen LogP contribution in [0.4, 0.5) is 0 Å². The predicted molar refractivity (Wildman–Crippen MR) is 62.5 cm³/mol. The number of hydrogen-bond donors (Lipinski definition) is 1. The monoisotopic (exact) mass is 265 g/mol. The molecule has 7 heteroatoms. The van der Waals surface area contributed by atoms with Gasteiger partial charge in [0.2, 0.25) is 0 Å². The Labute approximate surface area is 102 Å². The number of nitrogens with one attached hydrogen (secondary N) is 1. The van der Waals surface area contributed by atoms with E-state index in [1.807, 2.05) is 6.92 Å². The summed E-state index contributed by atoms with van der Waals surface area (Å²) in [6.07, 6.45) is 0.564. The third-order valence-electron chi connectivity index (χ3n) is 2.46. The highest BCUT2D eigenvalue weighted by atomic mass is 32.2. The summed E-state index contributed by atoms with van der Waals surface area (Å²) in [6, 6.07) is -0.126. The molecule has 1 N–H and O–H groups in total. The molecule has 0 saturated carbocycles. The van der Waals surface area contributed by atoms with Crippen molar-refractivity contribution in [3.63, 3.8) is 0 Å². The maximum absolute atomic E-state index is 11.2. The van der Waals surface area contributed by atoms with Crippen LogP contribution < -0.4 is 5.32 Å². The summed E-state index contributed by atoms with van der Waals surface area (Å²) >= 11 is 0. The molecule has 17 heavy (non-hydrogen) atoms. The van der Waals surface area contributed by atoms with Crippen LogP contribution in [0, 0.1) is 0 Å². The van der Waals surface area contributed by atoms with Crippen LogP contribution in [0.1, 0.15) is 13.3 Å². The SMILES string of the molecule is CCOCCOC(=O)CNC1CCS(=O)(=O)C1. The van der Waals surface area contributed by atoms with Gasteiger partial charge in [-0.1, -0.05) is 0 Å². The van der Waals surface area contributed by atoms with Gasteiger partial charge in [-0.05, 0) is 13.3 Å². The van der Waals surface area contributed by atoms with Crippen molar-refractivity contribution in [2.24, 2.45) is 0 Å². The van der Waals surface area contributed by atoms with Crippen molar-refractivity contribution in [1.82, 2.24) is 5.32 Å². The number of sulfone groups is 1. The van der Waals surface area contributed by atoms with Gasteiger partial charge in [0.05, 0.1) is 24.7 Å². The Morgan fingerprint density at radius 3 is 2.76 bits per heavy atom. The number of carbonyl (C=O) groups is 1. The topological polar surface area (TPSA) is 81.7 Å². The fourth-order valence-electron chi connectivity index (χ4n) is 1.59. The van der Waals surface area contributed by atoms with Crippen LogP contribution in [0.5, 0.6) is 0 Å². The smallest absolute Gasteiger partial charge is 0.320 e. The molecular weight excluding hydrogens is 246 g/mol. The second-order valence-electron chi connectivity index (χ2n) is 3.90. The molecule has 1 saturated heterocycles. The summed E-state index contributed by atoms with van der Waals surface area (Å²) in [4.78, 5) is 11.2. The third-order valence-corrected chi connectivity index (χ3v) is 4.23. The van der Waals surface area contributed by atoms with E-state index in [1.165, 1.54) is 0 Å². The molecule has 0 bridgehead atoms. The van der Waals surface area contributed by atoms with E-state index >= 15 is 0 Å². The Bertz CT molecular complexity index is 341. The minimum absolute atomic E-state index is 0.0479. The summed E-state index contributed by atoms with van der Waals surface area (Å²) in [7, 11) is -2.90. The summed E-state index contributed by atoms with van der Waals surface area (Å²) in [6.45, 7) is 3.13. The second-order valence-corrected chi connectivity index (χ2v) is 6.13. The lowest BCUT2D eigenvalue weighted by molar-refractivity contribution is -0.144. The highest BCUT2D eigenvalue weighted by Crippen LogP contribution is 2.10. The summed E-state index contributed by atoms with van der Waals surface area (Å²) in [5.41, 5.74) is 0. The fourth-order valence-corrected chi connectivity index (χ4v) is 3.30. The van der Waals surface area contributed by atoms with Gasteiger partial charge in [0, 0.05) is 12.6 Å².